The Hall–Kier alpha value is -1.06. The van der Waals surface area contributed by atoms with Gasteiger partial charge in [-0.2, -0.15) is 0 Å². The number of hydrogen-bond acceptors (Lipinski definition) is 2. The minimum absolute atomic E-state index is 0. The number of hydrogen-bond donors (Lipinski definition) is 2. The van der Waals surface area contributed by atoms with Crippen LogP contribution in [0.4, 0.5) is 0 Å². The topological polar surface area (TPSA) is 55.1 Å². The van der Waals surface area contributed by atoms with Crippen LogP contribution >= 0.6 is 12.4 Å². The summed E-state index contributed by atoms with van der Waals surface area (Å²) in [5, 5.41) is 3.43. The number of nitrogens with two attached hydrogens (primary N) is 1. The van der Waals surface area contributed by atoms with Gasteiger partial charge < -0.3 is 11.1 Å². The molecule has 4 rings (SSSR count). The van der Waals surface area contributed by atoms with Gasteiger partial charge in [-0.15, -0.1) is 12.4 Å². The van der Waals surface area contributed by atoms with E-state index in [1.54, 1.807) is 0 Å². The van der Waals surface area contributed by atoms with Gasteiger partial charge in [-0.25, -0.2) is 0 Å². The fraction of sp³-hybridized carbons (Fsp3) is 0.667. The molecule has 1 amide bonds. The summed E-state index contributed by atoms with van der Waals surface area (Å²) in [6, 6.07) is 9.41. The van der Waals surface area contributed by atoms with Crippen LogP contribution in [-0.4, -0.2) is 18.0 Å². The van der Waals surface area contributed by atoms with Gasteiger partial charge in [-0.05, 0) is 73.8 Å². The van der Waals surface area contributed by atoms with Crippen molar-refractivity contribution < 1.29 is 4.79 Å². The molecular weight excluding hydrogens is 332 g/mol. The van der Waals surface area contributed by atoms with Gasteiger partial charge in [0, 0.05) is 18.5 Å². The Morgan fingerprint density at radius 2 is 1.80 bits per heavy atom. The first-order valence-electron chi connectivity index (χ1n) is 9.83. The number of carbonyl (C=O) groups excluding carboxylic acids is 1. The summed E-state index contributed by atoms with van der Waals surface area (Å²) < 4.78 is 0. The Bertz CT molecular complexity index is 591. The summed E-state index contributed by atoms with van der Waals surface area (Å²) in [6.07, 6.45) is 10.1. The second-order valence-electron chi connectivity index (χ2n) is 8.27. The van der Waals surface area contributed by atoms with Crippen molar-refractivity contribution in [1.82, 2.24) is 5.32 Å². The fourth-order valence-electron chi connectivity index (χ4n) is 5.56. The first kappa shape index (κ1) is 18.7. The SMILES string of the molecule is Cl.NC1CC2CCCC(C1)C2NC(=O)CC1CCCc2ccccc21. The molecule has 0 saturated heterocycles. The molecule has 0 aliphatic heterocycles. The molecular formula is C21H31ClN2O. The third kappa shape index (κ3) is 4.03. The highest BCUT2D eigenvalue weighted by atomic mass is 35.5. The van der Waals surface area contributed by atoms with Crippen molar-refractivity contribution >= 4 is 18.3 Å². The summed E-state index contributed by atoms with van der Waals surface area (Å²) in [4.78, 5) is 12.8. The van der Waals surface area contributed by atoms with Gasteiger partial charge in [-0.1, -0.05) is 30.7 Å². The summed E-state index contributed by atoms with van der Waals surface area (Å²) >= 11 is 0. The summed E-state index contributed by atoms with van der Waals surface area (Å²) in [5.41, 5.74) is 9.06. The number of rotatable bonds is 3. The zero-order valence-electron chi connectivity index (χ0n) is 15.0. The van der Waals surface area contributed by atoms with Crippen LogP contribution in [0.2, 0.25) is 0 Å². The molecule has 3 nitrogen and oxygen atoms in total. The van der Waals surface area contributed by atoms with Crippen LogP contribution in [0.3, 0.4) is 0 Å². The first-order valence-corrected chi connectivity index (χ1v) is 9.83. The van der Waals surface area contributed by atoms with E-state index >= 15 is 0 Å². The predicted molar refractivity (Wildman–Crippen MR) is 104 cm³/mol. The van der Waals surface area contributed by atoms with Crippen LogP contribution in [0.5, 0.6) is 0 Å². The maximum atomic E-state index is 12.8. The Morgan fingerprint density at radius 1 is 1.08 bits per heavy atom. The van der Waals surface area contributed by atoms with Crippen molar-refractivity contribution in [3.05, 3.63) is 35.4 Å². The van der Waals surface area contributed by atoms with Crippen LogP contribution in [0.1, 0.15) is 68.4 Å². The summed E-state index contributed by atoms with van der Waals surface area (Å²) in [6.45, 7) is 0. The molecule has 3 aliphatic rings. The summed E-state index contributed by atoms with van der Waals surface area (Å²) in [5.74, 6) is 1.87. The van der Waals surface area contributed by atoms with Crippen molar-refractivity contribution in [3.8, 4) is 0 Å². The van der Waals surface area contributed by atoms with Crippen molar-refractivity contribution in [2.45, 2.75) is 75.8 Å². The van der Waals surface area contributed by atoms with Crippen LogP contribution in [0.15, 0.2) is 24.3 Å². The maximum Gasteiger partial charge on any atom is 0.220 e. The Morgan fingerprint density at radius 3 is 2.56 bits per heavy atom. The fourth-order valence-corrected chi connectivity index (χ4v) is 5.56. The highest BCUT2D eigenvalue weighted by Crippen LogP contribution is 2.40. The van der Waals surface area contributed by atoms with Gasteiger partial charge in [0.05, 0.1) is 0 Å². The molecule has 3 aliphatic carbocycles. The molecule has 0 radical (unpaired) electrons. The Kier molecular flexibility index (Phi) is 6.06. The van der Waals surface area contributed by atoms with Gasteiger partial charge in [0.1, 0.15) is 0 Å². The Labute approximate surface area is 157 Å². The molecule has 2 saturated carbocycles. The quantitative estimate of drug-likeness (QED) is 0.855. The monoisotopic (exact) mass is 362 g/mol. The van der Waals surface area contributed by atoms with Crippen LogP contribution in [0, 0.1) is 11.8 Å². The lowest BCUT2D eigenvalue weighted by Gasteiger charge is -2.45. The minimum Gasteiger partial charge on any atom is -0.353 e. The van der Waals surface area contributed by atoms with Gasteiger partial charge in [-0.3, -0.25) is 4.79 Å². The minimum atomic E-state index is 0. The van der Waals surface area contributed by atoms with Gasteiger partial charge >= 0.3 is 0 Å². The molecule has 4 heteroatoms. The smallest absolute Gasteiger partial charge is 0.220 e. The number of aryl methyl sites for hydroxylation is 1. The lowest BCUT2D eigenvalue weighted by Crippen LogP contribution is -2.53. The van der Waals surface area contributed by atoms with Crippen LogP contribution in [-0.2, 0) is 11.2 Å². The molecule has 3 N–H and O–H groups in total. The van der Waals surface area contributed by atoms with E-state index in [9.17, 15) is 4.79 Å². The van der Waals surface area contributed by atoms with Crippen molar-refractivity contribution in [1.29, 1.82) is 0 Å². The molecule has 2 bridgehead atoms. The van der Waals surface area contributed by atoms with Crippen LogP contribution < -0.4 is 11.1 Å². The lowest BCUT2D eigenvalue weighted by atomic mass is 9.67. The van der Waals surface area contributed by atoms with Gasteiger partial charge in [0.2, 0.25) is 5.91 Å². The van der Waals surface area contributed by atoms with E-state index in [-0.39, 0.29) is 18.3 Å². The van der Waals surface area contributed by atoms with Gasteiger partial charge in [0.25, 0.3) is 0 Å². The van der Waals surface area contributed by atoms with E-state index in [0.717, 1.165) is 19.3 Å². The first-order chi connectivity index (χ1) is 11.7. The third-order valence-electron chi connectivity index (χ3n) is 6.63. The zero-order valence-corrected chi connectivity index (χ0v) is 15.8. The average molecular weight is 363 g/mol. The number of amides is 1. The molecule has 3 unspecified atom stereocenters. The second-order valence-corrected chi connectivity index (χ2v) is 8.27. The van der Waals surface area contributed by atoms with E-state index in [4.69, 9.17) is 5.73 Å². The third-order valence-corrected chi connectivity index (χ3v) is 6.63. The molecule has 1 aromatic rings. The molecule has 1 aromatic carbocycles. The number of halogens is 1. The molecule has 2 fully saturated rings. The van der Waals surface area contributed by atoms with Crippen molar-refractivity contribution in [2.75, 3.05) is 0 Å². The molecule has 0 aromatic heterocycles. The molecule has 25 heavy (non-hydrogen) atoms. The molecule has 3 atom stereocenters. The number of carbonyl (C=O) groups is 1. The normalized spacial score (nSPS) is 33.7. The molecule has 0 heterocycles. The zero-order chi connectivity index (χ0) is 16.5. The predicted octanol–water partition coefficient (Wildman–Crippen LogP) is 3.94. The lowest BCUT2D eigenvalue weighted by molar-refractivity contribution is -0.123. The number of fused-ring (bicyclic) bond motifs is 3. The van der Waals surface area contributed by atoms with E-state index in [1.807, 2.05) is 0 Å². The number of benzene rings is 1. The second kappa shape index (κ2) is 8.09. The standard InChI is InChI=1S/C21H30N2O.ClH/c22-18-11-16-8-4-9-17(12-18)21(16)23-20(24)13-15-7-3-6-14-5-1-2-10-19(14)15;/h1-2,5,10,15-18,21H,3-4,6-9,11-13,22H2,(H,23,24);1H. The number of nitrogens with one attached hydrogen (secondary N) is 1. The van der Waals surface area contributed by atoms with E-state index in [1.165, 1.54) is 43.2 Å². The van der Waals surface area contributed by atoms with E-state index in [0.29, 0.717) is 36.3 Å². The average Bonchev–Trinajstić information content (AvgIpc) is 2.56. The maximum absolute atomic E-state index is 12.8. The largest absolute Gasteiger partial charge is 0.353 e. The van der Waals surface area contributed by atoms with Gasteiger partial charge in [0.15, 0.2) is 0 Å². The molecule has 0 spiro atoms. The Balaban J connectivity index is 0.00000182. The van der Waals surface area contributed by atoms with Crippen molar-refractivity contribution in [2.24, 2.45) is 17.6 Å². The van der Waals surface area contributed by atoms with Crippen LogP contribution in [0.25, 0.3) is 0 Å². The highest BCUT2D eigenvalue weighted by molar-refractivity contribution is 5.85. The van der Waals surface area contributed by atoms with E-state index in [2.05, 4.69) is 29.6 Å². The van der Waals surface area contributed by atoms with Crippen molar-refractivity contribution in [3.63, 3.8) is 0 Å². The summed E-state index contributed by atoms with van der Waals surface area (Å²) in [7, 11) is 0. The highest BCUT2D eigenvalue weighted by Gasteiger charge is 2.40. The van der Waals surface area contributed by atoms with E-state index < -0.39 is 0 Å². The molecule has 138 valence electrons.